The van der Waals surface area contributed by atoms with E-state index in [0.717, 1.165) is 12.0 Å². The van der Waals surface area contributed by atoms with Gasteiger partial charge in [0.05, 0.1) is 7.11 Å². The average Bonchev–Trinajstić information content (AvgIpc) is 2.83. The number of ether oxygens (including phenoxy) is 1. The molecule has 100 valence electrons. The fourth-order valence-corrected chi connectivity index (χ4v) is 1.94. The maximum atomic E-state index is 11.8. The molecule has 19 heavy (non-hydrogen) atoms. The quantitative estimate of drug-likeness (QED) is 0.838. The number of likely N-dealkylation sites (tertiary alicyclic amines) is 1. The number of phenols is 1. The fourth-order valence-electron chi connectivity index (χ4n) is 1.94. The molecule has 2 amide bonds. The molecule has 1 saturated heterocycles. The zero-order chi connectivity index (χ0) is 13.8. The zero-order valence-corrected chi connectivity index (χ0v) is 10.6. The van der Waals surface area contributed by atoms with Gasteiger partial charge in [0.25, 0.3) is 5.91 Å². The Morgan fingerprint density at radius 1 is 1.47 bits per heavy atom. The average molecular weight is 261 g/mol. The van der Waals surface area contributed by atoms with E-state index in [1.165, 1.54) is 24.2 Å². The summed E-state index contributed by atoms with van der Waals surface area (Å²) in [6.45, 7) is 0.487. The minimum atomic E-state index is -0.311. The lowest BCUT2D eigenvalue weighted by Crippen LogP contribution is -2.30. The lowest BCUT2D eigenvalue weighted by atomic mass is 10.2. The summed E-state index contributed by atoms with van der Waals surface area (Å²) in [5.41, 5.74) is 0.717. The van der Waals surface area contributed by atoms with Crippen molar-refractivity contribution in [3.63, 3.8) is 0 Å². The molecule has 0 spiro atoms. The predicted octanol–water partition coefficient (Wildman–Crippen LogP) is 1.56. The molecule has 1 heterocycles. The summed E-state index contributed by atoms with van der Waals surface area (Å²) in [4.78, 5) is 24.4. The molecule has 1 fully saturated rings. The Morgan fingerprint density at radius 2 is 2.26 bits per heavy atom. The molecule has 1 aliphatic heterocycles. The molecule has 0 atom stereocenters. The van der Waals surface area contributed by atoms with Crippen LogP contribution in [0.25, 0.3) is 6.08 Å². The van der Waals surface area contributed by atoms with Crippen molar-refractivity contribution in [1.29, 1.82) is 0 Å². The number of nitrogens with zero attached hydrogens (tertiary/aromatic N) is 1. The number of aromatic hydroxyl groups is 1. The number of phenolic OH excluding ortho intramolecular Hbond substituents is 1. The molecular weight excluding hydrogens is 246 g/mol. The number of hydrogen-bond donors (Lipinski definition) is 1. The first kappa shape index (κ1) is 13.1. The summed E-state index contributed by atoms with van der Waals surface area (Å²) in [6.07, 6.45) is 4.11. The van der Waals surface area contributed by atoms with Crippen molar-refractivity contribution in [3.05, 3.63) is 29.8 Å². The Morgan fingerprint density at radius 3 is 2.89 bits per heavy atom. The van der Waals surface area contributed by atoms with Gasteiger partial charge in [-0.2, -0.15) is 0 Å². The van der Waals surface area contributed by atoms with Gasteiger partial charge < -0.3 is 9.84 Å². The van der Waals surface area contributed by atoms with Crippen LogP contribution in [0.15, 0.2) is 24.3 Å². The number of carbonyl (C=O) groups excluding carboxylic acids is 2. The van der Waals surface area contributed by atoms with Crippen molar-refractivity contribution >= 4 is 17.9 Å². The highest BCUT2D eigenvalue weighted by molar-refractivity contribution is 6.03. The highest BCUT2D eigenvalue weighted by Gasteiger charge is 2.24. The van der Waals surface area contributed by atoms with Crippen molar-refractivity contribution in [2.45, 2.75) is 12.8 Å². The van der Waals surface area contributed by atoms with Gasteiger partial charge in [-0.1, -0.05) is 6.07 Å². The van der Waals surface area contributed by atoms with Crippen molar-refractivity contribution in [1.82, 2.24) is 4.90 Å². The molecule has 0 aromatic heterocycles. The SMILES string of the molecule is COc1cc(/C=C/C(=O)N2CCCC2=O)ccc1O. The van der Waals surface area contributed by atoms with Crippen LogP contribution < -0.4 is 4.74 Å². The Labute approximate surface area is 111 Å². The number of methoxy groups -OCH3 is 1. The van der Waals surface area contributed by atoms with Gasteiger partial charge in [-0.05, 0) is 30.2 Å². The van der Waals surface area contributed by atoms with Crippen LogP contribution >= 0.6 is 0 Å². The van der Waals surface area contributed by atoms with Crippen LogP contribution in [-0.4, -0.2) is 35.5 Å². The summed E-state index contributed by atoms with van der Waals surface area (Å²) in [5.74, 6) is -0.0555. The van der Waals surface area contributed by atoms with Crippen LogP contribution in [0.1, 0.15) is 18.4 Å². The summed E-state index contributed by atoms with van der Waals surface area (Å²) in [7, 11) is 1.45. The Bertz CT molecular complexity index is 536. The first-order valence-corrected chi connectivity index (χ1v) is 6.01. The van der Waals surface area contributed by atoms with Crippen molar-refractivity contribution in [2.75, 3.05) is 13.7 Å². The topological polar surface area (TPSA) is 66.8 Å². The molecule has 2 rings (SSSR count). The number of rotatable bonds is 3. The molecule has 0 bridgehead atoms. The molecule has 0 radical (unpaired) electrons. The highest BCUT2D eigenvalue weighted by Crippen LogP contribution is 2.26. The van der Waals surface area contributed by atoms with Crippen LogP contribution in [0.4, 0.5) is 0 Å². The van der Waals surface area contributed by atoms with E-state index in [2.05, 4.69) is 0 Å². The molecule has 1 aliphatic rings. The molecule has 1 aromatic rings. The van der Waals surface area contributed by atoms with Crippen molar-refractivity contribution in [3.8, 4) is 11.5 Å². The van der Waals surface area contributed by atoms with Gasteiger partial charge >= 0.3 is 0 Å². The monoisotopic (exact) mass is 261 g/mol. The van der Waals surface area contributed by atoms with Crippen LogP contribution in [0.5, 0.6) is 11.5 Å². The van der Waals surface area contributed by atoms with Gasteiger partial charge in [0, 0.05) is 19.0 Å². The summed E-state index contributed by atoms with van der Waals surface area (Å²) >= 11 is 0. The molecule has 0 unspecified atom stereocenters. The molecule has 0 aliphatic carbocycles. The highest BCUT2D eigenvalue weighted by atomic mass is 16.5. The standard InChI is InChI=1S/C14H15NO4/c1-19-12-9-10(4-6-11(12)16)5-7-14(18)15-8-2-3-13(15)17/h4-7,9,16H,2-3,8H2,1H3/b7-5+. The van der Waals surface area contributed by atoms with Crippen LogP contribution in [-0.2, 0) is 9.59 Å². The smallest absolute Gasteiger partial charge is 0.253 e. The lowest BCUT2D eigenvalue weighted by Gasteiger charge is -2.10. The van der Waals surface area contributed by atoms with E-state index in [1.807, 2.05) is 0 Å². The Kier molecular flexibility index (Phi) is 3.85. The second-order valence-corrected chi connectivity index (χ2v) is 4.25. The van der Waals surface area contributed by atoms with E-state index in [1.54, 1.807) is 18.2 Å². The van der Waals surface area contributed by atoms with Gasteiger partial charge in [-0.15, -0.1) is 0 Å². The number of hydrogen-bond acceptors (Lipinski definition) is 4. The molecule has 0 saturated carbocycles. The molecular formula is C14H15NO4. The van der Waals surface area contributed by atoms with E-state index in [9.17, 15) is 14.7 Å². The molecule has 5 nitrogen and oxygen atoms in total. The summed E-state index contributed by atoms with van der Waals surface area (Å²) in [5, 5.41) is 9.45. The van der Waals surface area contributed by atoms with Crippen LogP contribution in [0.2, 0.25) is 0 Å². The normalized spacial score (nSPS) is 15.2. The minimum absolute atomic E-state index is 0.0423. The molecule has 1 N–H and O–H groups in total. The minimum Gasteiger partial charge on any atom is -0.504 e. The molecule has 1 aromatic carbocycles. The maximum absolute atomic E-state index is 11.8. The third-order valence-electron chi connectivity index (χ3n) is 2.96. The van der Waals surface area contributed by atoms with Gasteiger partial charge in [0.1, 0.15) is 0 Å². The predicted molar refractivity (Wildman–Crippen MR) is 69.6 cm³/mol. The number of imide groups is 1. The lowest BCUT2D eigenvalue weighted by molar-refractivity contribution is -0.138. The summed E-state index contributed by atoms with van der Waals surface area (Å²) < 4.78 is 4.98. The number of amides is 2. The van der Waals surface area contributed by atoms with Gasteiger partial charge in [-0.25, -0.2) is 0 Å². The van der Waals surface area contributed by atoms with E-state index in [0.29, 0.717) is 18.7 Å². The number of carbonyl (C=O) groups is 2. The Balaban J connectivity index is 2.10. The third-order valence-corrected chi connectivity index (χ3v) is 2.96. The third kappa shape index (κ3) is 2.93. The second-order valence-electron chi connectivity index (χ2n) is 4.25. The largest absolute Gasteiger partial charge is 0.504 e. The van der Waals surface area contributed by atoms with Crippen LogP contribution in [0.3, 0.4) is 0 Å². The first-order valence-electron chi connectivity index (χ1n) is 6.01. The first-order chi connectivity index (χ1) is 9.11. The van der Waals surface area contributed by atoms with Gasteiger partial charge in [0.2, 0.25) is 5.91 Å². The maximum Gasteiger partial charge on any atom is 0.253 e. The van der Waals surface area contributed by atoms with E-state index < -0.39 is 0 Å². The fraction of sp³-hybridized carbons (Fsp3) is 0.286. The van der Waals surface area contributed by atoms with E-state index in [4.69, 9.17) is 4.74 Å². The molecule has 5 heteroatoms. The van der Waals surface area contributed by atoms with E-state index in [-0.39, 0.29) is 17.6 Å². The second kappa shape index (κ2) is 5.56. The zero-order valence-electron chi connectivity index (χ0n) is 10.6. The van der Waals surface area contributed by atoms with Crippen molar-refractivity contribution < 1.29 is 19.4 Å². The number of benzene rings is 1. The van der Waals surface area contributed by atoms with Crippen LogP contribution in [0, 0.1) is 0 Å². The van der Waals surface area contributed by atoms with Gasteiger partial charge in [-0.3, -0.25) is 14.5 Å². The Hall–Kier alpha value is -2.30. The van der Waals surface area contributed by atoms with Crippen molar-refractivity contribution in [2.24, 2.45) is 0 Å². The van der Waals surface area contributed by atoms with Gasteiger partial charge in [0.15, 0.2) is 11.5 Å². The summed E-state index contributed by atoms with van der Waals surface area (Å²) in [6, 6.07) is 4.77. The van der Waals surface area contributed by atoms with E-state index >= 15 is 0 Å².